The van der Waals surface area contributed by atoms with E-state index >= 15 is 0 Å². The number of nitrogens with one attached hydrogen (secondary N) is 2. The first-order valence-electron chi connectivity index (χ1n) is 9.10. The van der Waals surface area contributed by atoms with Crippen LogP contribution in [0.4, 0.5) is 18.0 Å². The van der Waals surface area contributed by atoms with Crippen molar-refractivity contribution in [2.45, 2.75) is 50.3 Å². The van der Waals surface area contributed by atoms with Crippen LogP contribution < -0.4 is 10.6 Å². The Labute approximate surface area is 164 Å². The number of unbranched alkanes of at least 4 members (excludes halogenated alkanes) is 1. The standard InChI is InChI=1S/C17H24F3N3O6/c18-17(19,20)15(27)21-5-2-1-3-11-7-10-8-23(16(28)22-14(10)29-11)6-4-12(25)13(26)9-24/h7-8,12-14,24-26H,1-6,9H2,(H,21,27)(H,22,28). The molecule has 0 aromatic heterocycles. The minimum atomic E-state index is -4.89. The fourth-order valence-corrected chi connectivity index (χ4v) is 2.78. The molecule has 0 bridgehead atoms. The number of nitrogens with zero attached hydrogens (tertiary/aromatic N) is 1. The molecule has 0 aromatic rings. The van der Waals surface area contributed by atoms with Crippen LogP contribution in [0, 0.1) is 0 Å². The molecule has 5 N–H and O–H groups in total. The van der Waals surface area contributed by atoms with Crippen LogP contribution in [0.3, 0.4) is 0 Å². The molecule has 164 valence electrons. The Hall–Kier alpha value is -2.31. The first kappa shape index (κ1) is 23.0. The van der Waals surface area contributed by atoms with Gasteiger partial charge in [0.2, 0.25) is 6.23 Å². The molecule has 0 saturated heterocycles. The van der Waals surface area contributed by atoms with Crippen molar-refractivity contribution in [1.82, 2.24) is 15.5 Å². The first-order chi connectivity index (χ1) is 13.6. The van der Waals surface area contributed by atoms with Gasteiger partial charge < -0.3 is 30.3 Å². The van der Waals surface area contributed by atoms with Gasteiger partial charge in [-0.05, 0) is 25.3 Å². The van der Waals surface area contributed by atoms with Crippen LogP contribution in [-0.2, 0) is 9.53 Å². The van der Waals surface area contributed by atoms with Crippen molar-refractivity contribution in [2.24, 2.45) is 0 Å². The van der Waals surface area contributed by atoms with Gasteiger partial charge in [0.15, 0.2) is 0 Å². The lowest BCUT2D eigenvalue weighted by Gasteiger charge is -2.29. The third kappa shape index (κ3) is 6.61. The molecule has 2 aliphatic rings. The van der Waals surface area contributed by atoms with Crippen molar-refractivity contribution >= 4 is 11.9 Å². The molecule has 12 heteroatoms. The summed E-state index contributed by atoms with van der Waals surface area (Å²) in [5.74, 6) is -1.41. The Morgan fingerprint density at radius 3 is 2.69 bits per heavy atom. The molecular weight excluding hydrogens is 399 g/mol. The molecule has 2 aliphatic heterocycles. The average molecular weight is 423 g/mol. The second kappa shape index (κ2) is 9.94. The maximum absolute atomic E-state index is 12.1. The predicted octanol–water partition coefficient (Wildman–Crippen LogP) is 0.0887. The van der Waals surface area contributed by atoms with Crippen molar-refractivity contribution in [3.05, 3.63) is 23.6 Å². The highest BCUT2D eigenvalue weighted by Gasteiger charge is 2.38. The van der Waals surface area contributed by atoms with E-state index in [4.69, 9.17) is 9.84 Å². The highest BCUT2D eigenvalue weighted by molar-refractivity contribution is 5.81. The van der Waals surface area contributed by atoms with Crippen molar-refractivity contribution < 1.29 is 42.8 Å². The zero-order chi connectivity index (χ0) is 21.6. The average Bonchev–Trinajstić information content (AvgIpc) is 3.05. The monoisotopic (exact) mass is 423 g/mol. The molecule has 3 unspecified atom stereocenters. The van der Waals surface area contributed by atoms with E-state index in [-0.39, 0.29) is 19.5 Å². The zero-order valence-electron chi connectivity index (χ0n) is 15.5. The highest BCUT2D eigenvalue weighted by atomic mass is 19.4. The van der Waals surface area contributed by atoms with Crippen LogP contribution in [0.2, 0.25) is 0 Å². The van der Waals surface area contributed by atoms with Gasteiger partial charge in [-0.15, -0.1) is 0 Å². The normalized spacial score (nSPS) is 20.8. The molecule has 0 spiro atoms. The van der Waals surface area contributed by atoms with E-state index in [1.807, 2.05) is 0 Å². The number of fused-ring (bicyclic) bond motifs is 1. The summed E-state index contributed by atoms with van der Waals surface area (Å²) in [6.45, 7) is -0.580. The van der Waals surface area contributed by atoms with Crippen molar-refractivity contribution in [2.75, 3.05) is 19.7 Å². The lowest BCUT2D eigenvalue weighted by molar-refractivity contribution is -0.173. The predicted molar refractivity (Wildman–Crippen MR) is 92.9 cm³/mol. The number of halogens is 3. The van der Waals surface area contributed by atoms with Crippen LogP contribution in [0.5, 0.6) is 0 Å². The van der Waals surface area contributed by atoms with Crippen molar-refractivity contribution in [3.8, 4) is 0 Å². The molecule has 29 heavy (non-hydrogen) atoms. The van der Waals surface area contributed by atoms with Crippen LogP contribution in [0.15, 0.2) is 23.6 Å². The Balaban J connectivity index is 1.78. The maximum Gasteiger partial charge on any atom is 0.471 e. The Morgan fingerprint density at radius 1 is 1.31 bits per heavy atom. The highest BCUT2D eigenvalue weighted by Crippen LogP contribution is 2.28. The Kier molecular flexibility index (Phi) is 7.88. The molecule has 2 heterocycles. The topological polar surface area (TPSA) is 131 Å². The van der Waals surface area contributed by atoms with Gasteiger partial charge in [-0.3, -0.25) is 10.1 Å². The molecule has 3 atom stereocenters. The fourth-order valence-electron chi connectivity index (χ4n) is 2.78. The number of hydrogen-bond acceptors (Lipinski definition) is 6. The summed E-state index contributed by atoms with van der Waals surface area (Å²) in [6.07, 6.45) is -3.46. The summed E-state index contributed by atoms with van der Waals surface area (Å²) in [7, 11) is 0. The van der Waals surface area contributed by atoms with Crippen molar-refractivity contribution in [3.63, 3.8) is 0 Å². The van der Waals surface area contributed by atoms with E-state index in [1.165, 1.54) is 4.90 Å². The van der Waals surface area contributed by atoms with Gasteiger partial charge in [-0.25, -0.2) is 4.79 Å². The summed E-state index contributed by atoms with van der Waals surface area (Å²) in [5.41, 5.74) is 0.669. The number of aliphatic hydroxyl groups excluding tert-OH is 3. The van der Waals surface area contributed by atoms with Gasteiger partial charge in [0.25, 0.3) is 0 Å². The van der Waals surface area contributed by atoms with E-state index in [0.717, 1.165) is 0 Å². The minimum absolute atomic E-state index is 0.0602. The molecule has 0 radical (unpaired) electrons. The van der Waals surface area contributed by atoms with E-state index in [0.29, 0.717) is 30.6 Å². The summed E-state index contributed by atoms with van der Waals surface area (Å²) in [5, 5.41) is 32.2. The number of urea groups is 1. The van der Waals surface area contributed by atoms with E-state index < -0.39 is 43.2 Å². The molecule has 0 aromatic carbocycles. The van der Waals surface area contributed by atoms with Crippen LogP contribution in [0.25, 0.3) is 0 Å². The summed E-state index contributed by atoms with van der Waals surface area (Å²) >= 11 is 0. The number of carbonyl (C=O) groups is 2. The van der Waals surface area contributed by atoms with E-state index in [1.54, 1.807) is 17.6 Å². The summed E-state index contributed by atoms with van der Waals surface area (Å²) < 4.78 is 41.8. The number of amides is 3. The molecule has 0 aliphatic carbocycles. The number of carbonyl (C=O) groups excluding carboxylic acids is 2. The first-order valence-corrected chi connectivity index (χ1v) is 9.10. The lowest BCUT2D eigenvalue weighted by atomic mass is 10.1. The SMILES string of the molecule is O=C1NC2OC(CCCCNC(=O)C(F)(F)F)=CC2=CN1CCC(O)C(O)CO. The second-order valence-corrected chi connectivity index (χ2v) is 6.70. The Morgan fingerprint density at radius 2 is 2.03 bits per heavy atom. The number of rotatable bonds is 10. The number of alkyl halides is 3. The van der Waals surface area contributed by atoms with Gasteiger partial charge in [-0.1, -0.05) is 0 Å². The van der Waals surface area contributed by atoms with Crippen molar-refractivity contribution in [1.29, 1.82) is 0 Å². The van der Waals surface area contributed by atoms with E-state index in [2.05, 4.69) is 5.32 Å². The molecule has 3 amide bonds. The number of ether oxygens (including phenoxy) is 1. The molecular formula is C17H24F3N3O6. The third-order valence-electron chi connectivity index (χ3n) is 4.41. The molecule has 0 saturated carbocycles. The smallest absolute Gasteiger partial charge is 0.471 e. The third-order valence-corrected chi connectivity index (χ3v) is 4.41. The quantitative estimate of drug-likeness (QED) is 0.317. The summed E-state index contributed by atoms with van der Waals surface area (Å²) in [4.78, 5) is 24.1. The Bertz CT molecular complexity index is 667. The largest absolute Gasteiger partial charge is 0.471 e. The number of hydrogen-bond donors (Lipinski definition) is 5. The maximum atomic E-state index is 12.1. The zero-order valence-corrected chi connectivity index (χ0v) is 15.5. The minimum Gasteiger partial charge on any atom is -0.471 e. The van der Waals surface area contributed by atoms with Crippen LogP contribution in [0.1, 0.15) is 25.7 Å². The van der Waals surface area contributed by atoms with Gasteiger partial charge >= 0.3 is 18.1 Å². The molecule has 9 nitrogen and oxygen atoms in total. The fraction of sp³-hybridized carbons (Fsp3) is 0.647. The summed E-state index contributed by atoms with van der Waals surface area (Å²) in [6, 6.07) is -0.450. The van der Waals surface area contributed by atoms with Gasteiger partial charge in [0, 0.05) is 31.3 Å². The van der Waals surface area contributed by atoms with E-state index in [9.17, 15) is 33.0 Å². The van der Waals surface area contributed by atoms with Crippen LogP contribution in [-0.4, -0.2) is 76.5 Å². The molecule has 0 fully saturated rings. The lowest BCUT2D eigenvalue weighted by Crippen LogP contribution is -2.48. The second-order valence-electron chi connectivity index (χ2n) is 6.70. The molecule has 2 rings (SSSR count). The van der Waals surface area contributed by atoms with Gasteiger partial charge in [-0.2, -0.15) is 13.2 Å². The van der Waals surface area contributed by atoms with Gasteiger partial charge in [0.05, 0.1) is 18.5 Å². The van der Waals surface area contributed by atoms with Gasteiger partial charge in [0.1, 0.15) is 6.10 Å². The number of aliphatic hydroxyl groups is 3. The number of allylic oxidation sites excluding steroid dienone is 1. The van der Waals surface area contributed by atoms with Crippen LogP contribution >= 0.6 is 0 Å².